The van der Waals surface area contributed by atoms with Crippen LogP contribution in [-0.2, 0) is 160 Å². The third-order valence-corrected chi connectivity index (χ3v) is 23.5. The van der Waals surface area contributed by atoms with Gasteiger partial charge in [0.05, 0.1) is 45.5 Å². The smallest absolute Gasteiger partial charge is 0.334 e. The number of rotatable bonds is 19. The predicted molar refractivity (Wildman–Crippen MR) is 434 cm³/mol. The van der Waals surface area contributed by atoms with E-state index in [4.69, 9.17) is 125 Å². The molecule has 0 radical (unpaired) electrons. The fourth-order valence-electron chi connectivity index (χ4n) is 12.1. The minimum absolute atomic E-state index is 0. The molecule has 12 aromatic rings. The molecule has 8 heterocycles. The summed E-state index contributed by atoms with van der Waals surface area (Å²) in [6, 6.07) is 33.4. The fraction of sp³-hybridized carbons (Fsp3) is 0.297. The molecule has 10 nitrogen and oxygen atoms in total. The van der Waals surface area contributed by atoms with E-state index < -0.39 is 0 Å². The van der Waals surface area contributed by atoms with Crippen LogP contribution in [0.5, 0.6) is 0 Å². The molecule has 0 amide bonds. The number of aryl methyl sites for hydroxylation is 5. The Morgan fingerprint density at radius 1 is 0.340 bits per heavy atom. The van der Waals surface area contributed by atoms with Crippen molar-refractivity contribution in [3.8, 4) is 45.5 Å². The maximum absolute atomic E-state index is 12.4. The summed E-state index contributed by atoms with van der Waals surface area (Å²) in [6.45, 7) is 24.3. The predicted octanol–water partition coefficient (Wildman–Crippen LogP) is 20.2. The van der Waals surface area contributed by atoms with Crippen molar-refractivity contribution in [1.29, 1.82) is 0 Å². The van der Waals surface area contributed by atoms with Crippen molar-refractivity contribution in [2.24, 2.45) is 0 Å². The van der Waals surface area contributed by atoms with E-state index in [1.54, 1.807) is 0 Å². The molecule has 0 saturated heterocycles. The van der Waals surface area contributed by atoms with Crippen molar-refractivity contribution < 1.29 is 33.0 Å². The summed E-state index contributed by atoms with van der Waals surface area (Å²) in [5.74, 6) is 1.07. The average Bonchev–Trinajstić information content (AvgIpc) is 1.60. The molecule has 0 aliphatic rings. The largest absolute Gasteiger partial charge is 0.762 e. The molecular formula is C74H76N8Ni2O2S14-8. The van der Waals surface area contributed by atoms with Crippen molar-refractivity contribution in [1.82, 2.24) is 36.5 Å². The monoisotopic (exact) mass is 1670 g/mol. The van der Waals surface area contributed by atoms with Gasteiger partial charge in [0.15, 0.2) is 9.54 Å². The quantitative estimate of drug-likeness (QED) is 0.0440. The Morgan fingerprint density at radius 2 is 0.560 bits per heavy atom. The normalized spacial score (nSPS) is 11.1. The summed E-state index contributed by atoms with van der Waals surface area (Å²) in [5, 5.41) is 19.2. The van der Waals surface area contributed by atoms with Crippen LogP contribution in [0.15, 0.2) is 190 Å². The molecule has 0 aliphatic carbocycles. The molecule has 0 aliphatic heterocycles. The van der Waals surface area contributed by atoms with Crippen LogP contribution in [0.2, 0.25) is 0 Å². The van der Waals surface area contributed by atoms with E-state index in [-0.39, 0.29) is 44.4 Å². The molecule has 12 rings (SSSR count). The van der Waals surface area contributed by atoms with Gasteiger partial charge >= 0.3 is 11.4 Å². The Hall–Kier alpha value is -4.69. The Labute approximate surface area is 678 Å². The van der Waals surface area contributed by atoms with E-state index >= 15 is 0 Å². The molecule has 0 saturated carbocycles. The number of benzene rings is 4. The number of para-hydroxylation sites is 4. The number of hydrogen-bond acceptors (Lipinski definition) is 16. The zero-order chi connectivity index (χ0) is 71.0. The van der Waals surface area contributed by atoms with E-state index in [9.17, 15) is 9.59 Å². The molecule has 26 heteroatoms. The topological polar surface area (TPSA) is 73.6 Å². The number of thiophene rings is 4. The number of hydrogen-bond donors (Lipinski definition) is 0. The molecule has 0 spiro atoms. The van der Waals surface area contributed by atoms with Crippen LogP contribution in [0, 0.1) is 16.5 Å². The van der Waals surface area contributed by atoms with E-state index in [0.717, 1.165) is 96.9 Å². The zero-order valence-corrected chi connectivity index (χ0v) is 70.4. The third-order valence-electron chi connectivity index (χ3n) is 16.6. The van der Waals surface area contributed by atoms with Crippen molar-refractivity contribution in [2.75, 3.05) is 0 Å². The molecule has 0 N–H and O–H groups in total. The summed E-state index contributed by atoms with van der Waals surface area (Å²) >= 11 is 63.0. The first-order valence-electron chi connectivity index (χ1n) is 32.4. The van der Waals surface area contributed by atoms with Crippen molar-refractivity contribution in [3.05, 3.63) is 215 Å². The zero-order valence-electron chi connectivity index (χ0n) is 57.0. The van der Waals surface area contributed by atoms with Gasteiger partial charge in [-0.3, -0.25) is 18.3 Å². The van der Waals surface area contributed by atoms with Crippen LogP contribution in [-0.4, -0.2) is 36.5 Å². The van der Waals surface area contributed by atoms with Gasteiger partial charge in [-0.25, -0.2) is 9.59 Å². The van der Waals surface area contributed by atoms with Gasteiger partial charge in [-0.15, -0.1) is 20.1 Å². The Balaban J connectivity index is 0.000000191. The van der Waals surface area contributed by atoms with Gasteiger partial charge in [-0.1, -0.05) is 188 Å². The molecule has 8 aromatic heterocycles. The number of imidazole rings is 4. The van der Waals surface area contributed by atoms with E-state index in [2.05, 4.69) is 163 Å². The van der Waals surface area contributed by atoms with Crippen molar-refractivity contribution in [2.45, 2.75) is 185 Å². The molecule has 100 heavy (non-hydrogen) atoms. The van der Waals surface area contributed by atoms with E-state index in [0.29, 0.717) is 67.5 Å². The molecule has 0 unspecified atom stereocenters. The van der Waals surface area contributed by atoms with Crippen LogP contribution in [0.25, 0.3) is 45.5 Å². The summed E-state index contributed by atoms with van der Waals surface area (Å²) in [6.07, 6.45) is 8.18. The first kappa shape index (κ1) is 82.6. The first-order chi connectivity index (χ1) is 47.0. The molecule has 0 bridgehead atoms. The SMILES string of the molecule is CCCc1cccc(C(C)C)c1-n1c([S-])c([S-])n(-c2c(CCC)cccc2C(C)C)c1=S.CCCc1cccc(C)c1-n1c([S-])c([S-])n(-c2c(CCC)cccc2C(C)C)c1=S.O=c1n(-c2ccsc2)c([S-])c([S-])n1-c1ccsc1.O=c1n(-c2ccsc2)c([S-])c([S-])n1-c1ccsc1.[Ni].[Ni]. The van der Waals surface area contributed by atoms with Crippen LogP contribution in [0.4, 0.5) is 0 Å². The minimum atomic E-state index is -0.207. The number of nitrogens with zero attached hydrogens (tertiary/aromatic N) is 8. The maximum atomic E-state index is 12.4. The summed E-state index contributed by atoms with van der Waals surface area (Å²) in [7, 11) is 0. The van der Waals surface area contributed by atoms with Gasteiger partial charge in [0, 0.05) is 54.5 Å². The van der Waals surface area contributed by atoms with Gasteiger partial charge in [0.1, 0.15) is 0 Å². The fourth-order valence-corrected chi connectivity index (χ4v) is 17.7. The minimum Gasteiger partial charge on any atom is -0.762 e. The Kier molecular flexibility index (Phi) is 30.8. The molecule has 4 aromatic carbocycles. The van der Waals surface area contributed by atoms with Crippen LogP contribution >= 0.6 is 69.8 Å². The summed E-state index contributed by atoms with van der Waals surface area (Å²) < 4.78 is 15.5. The third kappa shape index (κ3) is 17.2. The molecular weight excluding hydrogens is 1600 g/mol. The average molecular weight is 1680 g/mol. The van der Waals surface area contributed by atoms with Crippen LogP contribution in [0.1, 0.15) is 157 Å². The summed E-state index contributed by atoms with van der Waals surface area (Å²) in [5.41, 5.74) is 17.2. The second-order valence-electron chi connectivity index (χ2n) is 24.3. The van der Waals surface area contributed by atoms with Gasteiger partial charge in [0.25, 0.3) is 0 Å². The van der Waals surface area contributed by atoms with Gasteiger partial charge in [0.2, 0.25) is 0 Å². The molecule has 536 valence electrons. The first-order valence-corrected chi connectivity index (χ1v) is 40.2. The standard InChI is InChI=1S/C27H36N2S3.C25H32N2S3.2C11H8N2OS4.2Ni/c1-7-11-19-13-9-15-21(17(3)4)23(19)28-25(30)26(31)29(27(28)32)24-20(12-8-2)14-10-16-22(24)18(5)6;1-6-10-18-13-8-12-17(5)21(18)26-23(28)24(29)27(25(26)30)22-19(11-7-2)14-9-15-20(22)16(3)4;2*14-11-12(7-1-3-17-5-7)9(15)10(16)13(11)8-2-4-18-6-8;;/h9-10,13-18,30-31H,7-8,11-12H2,1-6H3;8-9,12-16,28-29H,6-7,10-11H2,1-5H3;2*1-6,15-16H;;/p-8. The van der Waals surface area contributed by atoms with E-state index in [1.165, 1.54) is 108 Å². The second kappa shape index (κ2) is 37.3. The van der Waals surface area contributed by atoms with Gasteiger partial charge in [-0.2, -0.15) is 45.3 Å². The number of aromatic nitrogens is 8. The van der Waals surface area contributed by atoms with E-state index in [1.807, 2.05) is 71.9 Å². The molecule has 0 atom stereocenters. The summed E-state index contributed by atoms with van der Waals surface area (Å²) in [4.78, 5) is 24.8. The van der Waals surface area contributed by atoms with Crippen molar-refractivity contribution in [3.63, 3.8) is 0 Å². The van der Waals surface area contributed by atoms with Crippen molar-refractivity contribution >= 4 is 171 Å². The molecule has 0 fully saturated rings. The van der Waals surface area contributed by atoms with Crippen LogP contribution < -0.4 is 11.4 Å². The Bertz CT molecular complexity index is 4610. The second-order valence-corrected chi connectivity index (χ2v) is 31.2. The van der Waals surface area contributed by atoms with Gasteiger partial charge in [-0.05, 0) is 165 Å². The van der Waals surface area contributed by atoms with Gasteiger partial charge < -0.3 is 119 Å². The maximum Gasteiger partial charge on any atom is 0.334 e. The van der Waals surface area contributed by atoms with Crippen LogP contribution in [0.3, 0.4) is 0 Å². The Morgan fingerprint density at radius 3 is 0.780 bits per heavy atom.